The van der Waals surface area contributed by atoms with E-state index >= 15 is 0 Å². The lowest BCUT2D eigenvalue weighted by molar-refractivity contribution is -0.114. The largest absolute Gasteiger partial charge is 0.300 e. The predicted molar refractivity (Wildman–Crippen MR) is 56.5 cm³/mol. The van der Waals surface area contributed by atoms with Gasteiger partial charge in [-0.05, 0) is 13.0 Å². The summed E-state index contributed by atoms with van der Waals surface area (Å²) in [6.07, 6.45) is 0. The minimum absolute atomic E-state index is 0.0867. The second-order valence-electron chi connectivity index (χ2n) is 3.43. The first-order valence-electron chi connectivity index (χ1n) is 4.81. The monoisotopic (exact) mass is 235 g/mol. The summed E-state index contributed by atoms with van der Waals surface area (Å²) in [6.45, 7) is 1.47. The number of carbonyl (C=O) groups is 2. The molecule has 2 rings (SSSR count). The summed E-state index contributed by atoms with van der Waals surface area (Å²) in [5, 5.41) is 0. The highest BCUT2D eigenvalue weighted by atomic mass is 19.1. The van der Waals surface area contributed by atoms with Gasteiger partial charge in [-0.2, -0.15) is 0 Å². The molecular formula is C12H7F2NO2. The topological polar surface area (TPSA) is 37.4 Å². The van der Waals surface area contributed by atoms with Crippen molar-refractivity contribution in [2.45, 2.75) is 6.92 Å². The molecule has 0 atom stereocenters. The van der Waals surface area contributed by atoms with Gasteiger partial charge < -0.3 is 0 Å². The van der Waals surface area contributed by atoms with Gasteiger partial charge in [0.1, 0.15) is 5.82 Å². The smallest absolute Gasteiger partial charge is 0.290 e. The molecule has 0 spiro atoms. The third-order valence-corrected chi connectivity index (χ3v) is 2.40. The molecule has 1 aliphatic heterocycles. The number of anilines is 1. The molecular weight excluding hydrogens is 228 g/mol. The number of hydrogen-bond donors (Lipinski definition) is 0. The van der Waals surface area contributed by atoms with Gasteiger partial charge in [0.2, 0.25) is 0 Å². The Morgan fingerprint density at radius 2 is 2.00 bits per heavy atom. The molecule has 1 aliphatic rings. The fourth-order valence-electron chi connectivity index (χ4n) is 1.66. The van der Waals surface area contributed by atoms with Gasteiger partial charge in [0, 0.05) is 6.07 Å². The molecule has 0 bridgehead atoms. The van der Waals surface area contributed by atoms with E-state index in [1.165, 1.54) is 0 Å². The number of amides is 1. The second-order valence-corrected chi connectivity index (χ2v) is 3.43. The van der Waals surface area contributed by atoms with Crippen LogP contribution < -0.4 is 4.90 Å². The molecule has 1 aromatic rings. The Balaban J connectivity index is 2.58. The SMILES string of the molecule is CC#CCN1C(=O)C(=O)c2cc(F)cc(F)c21. The van der Waals surface area contributed by atoms with Crippen LogP contribution in [-0.4, -0.2) is 18.2 Å². The molecule has 5 heteroatoms. The normalized spacial score (nSPS) is 13.5. The third-order valence-electron chi connectivity index (χ3n) is 2.40. The second kappa shape index (κ2) is 3.98. The molecule has 3 nitrogen and oxygen atoms in total. The third kappa shape index (κ3) is 1.68. The molecule has 0 fully saturated rings. The maximum absolute atomic E-state index is 13.5. The summed E-state index contributed by atoms with van der Waals surface area (Å²) in [6, 6.07) is 1.50. The highest BCUT2D eigenvalue weighted by Gasteiger charge is 2.38. The van der Waals surface area contributed by atoms with Crippen LogP contribution in [0, 0.1) is 23.5 Å². The quantitative estimate of drug-likeness (QED) is 0.546. The van der Waals surface area contributed by atoms with Gasteiger partial charge in [0.05, 0.1) is 17.8 Å². The average molecular weight is 235 g/mol. The molecule has 0 aromatic heterocycles. The number of ketones is 1. The molecule has 0 N–H and O–H groups in total. The lowest BCUT2D eigenvalue weighted by Gasteiger charge is -2.13. The van der Waals surface area contributed by atoms with Crippen molar-refractivity contribution in [1.29, 1.82) is 0 Å². The van der Waals surface area contributed by atoms with Crippen molar-refractivity contribution in [2.24, 2.45) is 0 Å². The van der Waals surface area contributed by atoms with Crippen molar-refractivity contribution in [1.82, 2.24) is 0 Å². The molecule has 17 heavy (non-hydrogen) atoms. The summed E-state index contributed by atoms with van der Waals surface area (Å²) < 4.78 is 26.5. The summed E-state index contributed by atoms with van der Waals surface area (Å²) >= 11 is 0. The highest BCUT2D eigenvalue weighted by Crippen LogP contribution is 2.32. The van der Waals surface area contributed by atoms with Gasteiger partial charge in [-0.25, -0.2) is 8.78 Å². The minimum Gasteiger partial charge on any atom is -0.290 e. The minimum atomic E-state index is -0.933. The van der Waals surface area contributed by atoms with Gasteiger partial charge in [0.15, 0.2) is 5.82 Å². The average Bonchev–Trinajstić information content (AvgIpc) is 2.51. The van der Waals surface area contributed by atoms with Crippen LogP contribution in [0.15, 0.2) is 12.1 Å². The van der Waals surface area contributed by atoms with Crippen molar-refractivity contribution >= 4 is 17.4 Å². The van der Waals surface area contributed by atoms with Gasteiger partial charge in [-0.15, -0.1) is 5.92 Å². The zero-order valence-corrected chi connectivity index (χ0v) is 8.88. The maximum Gasteiger partial charge on any atom is 0.300 e. The molecule has 0 saturated carbocycles. The molecule has 0 unspecified atom stereocenters. The summed E-state index contributed by atoms with van der Waals surface area (Å²) in [7, 11) is 0. The Hall–Kier alpha value is -2.22. The van der Waals surface area contributed by atoms with Crippen molar-refractivity contribution in [2.75, 3.05) is 11.4 Å². The van der Waals surface area contributed by atoms with E-state index < -0.39 is 23.3 Å². The summed E-state index contributed by atoms with van der Waals surface area (Å²) in [5.74, 6) is 1.50. The van der Waals surface area contributed by atoms with E-state index in [0.717, 1.165) is 11.0 Å². The predicted octanol–water partition coefficient (Wildman–Crippen LogP) is 1.52. The van der Waals surface area contributed by atoms with E-state index in [1.807, 2.05) is 0 Å². The van der Waals surface area contributed by atoms with Crippen LogP contribution in [0.2, 0.25) is 0 Å². The first-order valence-corrected chi connectivity index (χ1v) is 4.81. The number of hydrogen-bond acceptors (Lipinski definition) is 2. The Morgan fingerprint density at radius 3 is 2.65 bits per heavy atom. The zero-order chi connectivity index (χ0) is 12.6. The van der Waals surface area contributed by atoms with Gasteiger partial charge in [0.25, 0.3) is 11.7 Å². The molecule has 0 radical (unpaired) electrons. The Labute approximate surface area is 96.0 Å². The van der Waals surface area contributed by atoms with E-state index in [-0.39, 0.29) is 17.8 Å². The molecule has 1 aromatic carbocycles. The van der Waals surface area contributed by atoms with Gasteiger partial charge in [-0.1, -0.05) is 5.92 Å². The molecule has 0 aliphatic carbocycles. The van der Waals surface area contributed by atoms with E-state index in [9.17, 15) is 18.4 Å². The lowest BCUT2D eigenvalue weighted by atomic mass is 10.1. The van der Waals surface area contributed by atoms with Crippen molar-refractivity contribution in [3.05, 3.63) is 29.3 Å². The number of rotatable bonds is 1. The van der Waals surface area contributed by atoms with Crippen LogP contribution >= 0.6 is 0 Å². The first kappa shape index (κ1) is 11.3. The Morgan fingerprint density at radius 1 is 1.29 bits per heavy atom. The zero-order valence-electron chi connectivity index (χ0n) is 8.88. The van der Waals surface area contributed by atoms with Crippen molar-refractivity contribution in [3.63, 3.8) is 0 Å². The molecule has 1 heterocycles. The number of Topliss-reactive ketones (excluding diaryl/α,β-unsaturated/α-hetero) is 1. The number of nitrogens with zero attached hydrogens (tertiary/aromatic N) is 1. The number of carbonyl (C=O) groups excluding carboxylic acids is 2. The van der Waals surface area contributed by atoms with Crippen molar-refractivity contribution in [3.8, 4) is 11.8 Å². The highest BCUT2D eigenvalue weighted by molar-refractivity contribution is 6.52. The van der Waals surface area contributed by atoms with Gasteiger partial charge >= 0.3 is 0 Å². The van der Waals surface area contributed by atoms with E-state index in [2.05, 4.69) is 11.8 Å². The van der Waals surface area contributed by atoms with E-state index in [1.54, 1.807) is 6.92 Å². The van der Waals surface area contributed by atoms with Gasteiger partial charge in [-0.3, -0.25) is 14.5 Å². The van der Waals surface area contributed by atoms with E-state index in [0.29, 0.717) is 6.07 Å². The standard InChI is InChI=1S/C12H7F2NO2/c1-2-3-4-15-10-8(11(16)12(15)17)5-7(13)6-9(10)14/h5-6H,4H2,1H3. The van der Waals surface area contributed by atoms with Crippen molar-refractivity contribution < 1.29 is 18.4 Å². The van der Waals surface area contributed by atoms with Crippen LogP contribution in [0.1, 0.15) is 17.3 Å². The maximum atomic E-state index is 13.5. The van der Waals surface area contributed by atoms with E-state index in [4.69, 9.17) is 0 Å². The number of benzene rings is 1. The van der Waals surface area contributed by atoms with Crippen LogP contribution in [0.25, 0.3) is 0 Å². The van der Waals surface area contributed by atoms with Crippen LogP contribution in [-0.2, 0) is 4.79 Å². The fraction of sp³-hybridized carbons (Fsp3) is 0.167. The summed E-state index contributed by atoms with van der Waals surface area (Å²) in [4.78, 5) is 24.0. The lowest BCUT2D eigenvalue weighted by Crippen LogP contribution is -2.30. The van der Waals surface area contributed by atoms with Crippen LogP contribution in [0.4, 0.5) is 14.5 Å². The Kier molecular flexibility index (Phi) is 2.64. The first-order chi connectivity index (χ1) is 8.06. The molecule has 0 saturated heterocycles. The summed E-state index contributed by atoms with van der Waals surface area (Å²) in [5.41, 5.74) is -0.436. The fourth-order valence-corrected chi connectivity index (χ4v) is 1.66. The molecule has 1 amide bonds. The Bertz CT molecular complexity index is 584. The number of halogens is 2. The van der Waals surface area contributed by atoms with Crippen LogP contribution in [0.5, 0.6) is 0 Å². The number of fused-ring (bicyclic) bond motifs is 1. The molecule has 86 valence electrons. The van der Waals surface area contributed by atoms with Crippen LogP contribution in [0.3, 0.4) is 0 Å².